The Labute approximate surface area is 177 Å². The van der Waals surface area contributed by atoms with Gasteiger partial charge in [-0.25, -0.2) is 4.79 Å². The summed E-state index contributed by atoms with van der Waals surface area (Å²) in [6, 6.07) is 15.2. The number of thiocarbonyl (C=S) groups is 1. The lowest BCUT2D eigenvalue weighted by Crippen LogP contribution is -2.34. The Bertz CT molecular complexity index is 1080. The molecule has 3 rings (SSSR count). The molecule has 0 fully saturated rings. The molecule has 0 bridgehead atoms. The van der Waals surface area contributed by atoms with Gasteiger partial charge in [0.1, 0.15) is 5.76 Å². The Morgan fingerprint density at radius 3 is 2.41 bits per heavy atom. The summed E-state index contributed by atoms with van der Waals surface area (Å²) >= 11 is 11.5. The molecular formula is C21H17ClN2O4S. The van der Waals surface area contributed by atoms with Crippen LogP contribution in [-0.2, 0) is 6.42 Å². The summed E-state index contributed by atoms with van der Waals surface area (Å²) in [4.78, 5) is 23.2. The maximum atomic E-state index is 12.3. The highest BCUT2D eigenvalue weighted by Crippen LogP contribution is 2.31. The molecule has 0 aliphatic rings. The lowest BCUT2D eigenvalue weighted by molar-refractivity contribution is 0.0663. The highest BCUT2D eigenvalue weighted by molar-refractivity contribution is 7.80. The van der Waals surface area contributed by atoms with Crippen LogP contribution in [0.4, 0.5) is 5.69 Å². The van der Waals surface area contributed by atoms with Crippen molar-refractivity contribution in [3.05, 3.63) is 76.5 Å². The Morgan fingerprint density at radius 1 is 1.10 bits per heavy atom. The molecule has 148 valence electrons. The molecule has 0 saturated heterocycles. The minimum Gasteiger partial charge on any atom is -0.475 e. The van der Waals surface area contributed by atoms with Crippen LogP contribution in [0.25, 0.3) is 11.3 Å². The third-order valence-corrected chi connectivity index (χ3v) is 4.68. The highest BCUT2D eigenvalue weighted by atomic mass is 35.5. The summed E-state index contributed by atoms with van der Waals surface area (Å²) in [5, 5.41) is 14.9. The zero-order valence-electron chi connectivity index (χ0n) is 15.4. The minimum atomic E-state index is -1.16. The van der Waals surface area contributed by atoms with Gasteiger partial charge in [0.15, 0.2) is 5.11 Å². The van der Waals surface area contributed by atoms with Crippen molar-refractivity contribution < 1.29 is 19.1 Å². The van der Waals surface area contributed by atoms with Crippen molar-refractivity contribution in [2.24, 2.45) is 0 Å². The average Bonchev–Trinajstić information content (AvgIpc) is 3.18. The van der Waals surface area contributed by atoms with Crippen LogP contribution >= 0.6 is 23.8 Å². The zero-order valence-corrected chi connectivity index (χ0v) is 16.9. The molecule has 0 unspecified atom stereocenters. The number of aromatic carboxylic acids is 1. The van der Waals surface area contributed by atoms with E-state index in [0.29, 0.717) is 27.6 Å². The summed E-state index contributed by atoms with van der Waals surface area (Å²) in [6.45, 7) is 2.04. The number of anilines is 1. The summed E-state index contributed by atoms with van der Waals surface area (Å²) in [5.41, 5.74) is 2.75. The molecule has 0 radical (unpaired) electrons. The van der Waals surface area contributed by atoms with Crippen LogP contribution in [0.3, 0.4) is 0 Å². The van der Waals surface area contributed by atoms with E-state index in [1.165, 1.54) is 12.1 Å². The van der Waals surface area contributed by atoms with E-state index in [9.17, 15) is 9.59 Å². The number of furan rings is 1. The Hall–Kier alpha value is -3.16. The van der Waals surface area contributed by atoms with Gasteiger partial charge in [0, 0.05) is 16.8 Å². The molecule has 0 saturated carbocycles. The molecule has 1 amide bonds. The number of carboxylic acid groups (broad SMARTS) is 1. The van der Waals surface area contributed by atoms with Crippen molar-refractivity contribution in [2.45, 2.75) is 13.3 Å². The first kappa shape index (κ1) is 20.6. The topological polar surface area (TPSA) is 91.6 Å². The highest BCUT2D eigenvalue weighted by Gasteiger charge is 2.14. The van der Waals surface area contributed by atoms with E-state index < -0.39 is 5.97 Å². The average molecular weight is 429 g/mol. The number of carbonyl (C=O) groups excluding carboxylic acids is 1. The molecule has 0 atom stereocenters. The second kappa shape index (κ2) is 8.89. The van der Waals surface area contributed by atoms with Gasteiger partial charge in [0.25, 0.3) is 5.91 Å². The number of rotatable bonds is 5. The smallest absolute Gasteiger partial charge is 0.371 e. The monoisotopic (exact) mass is 428 g/mol. The van der Waals surface area contributed by atoms with Crippen LogP contribution in [0, 0.1) is 0 Å². The van der Waals surface area contributed by atoms with Crippen molar-refractivity contribution in [3.63, 3.8) is 0 Å². The number of nitrogens with one attached hydrogen (secondary N) is 2. The fraction of sp³-hybridized carbons (Fsp3) is 0.0952. The van der Waals surface area contributed by atoms with Crippen LogP contribution in [0.15, 0.2) is 59.0 Å². The summed E-state index contributed by atoms with van der Waals surface area (Å²) in [6.07, 6.45) is 0.897. The first-order valence-corrected chi connectivity index (χ1v) is 9.50. The van der Waals surface area contributed by atoms with Gasteiger partial charge in [0.05, 0.1) is 5.02 Å². The van der Waals surface area contributed by atoms with Gasteiger partial charge in [-0.15, -0.1) is 0 Å². The standard InChI is InChI=1S/C21H17ClN2O4S/c1-2-12-3-5-13(6-4-12)19(25)24-21(29)23-14-7-8-15(16(22)11-14)17-9-10-18(28-17)20(26)27/h3-11H,2H2,1H3,(H,26,27)(H2,23,24,25,29). The molecule has 29 heavy (non-hydrogen) atoms. The maximum absolute atomic E-state index is 12.3. The summed E-state index contributed by atoms with van der Waals surface area (Å²) in [5.74, 6) is -1.31. The fourth-order valence-electron chi connectivity index (χ4n) is 2.62. The number of carbonyl (C=O) groups is 2. The minimum absolute atomic E-state index is 0.129. The van der Waals surface area contributed by atoms with E-state index in [-0.39, 0.29) is 16.8 Å². The SMILES string of the molecule is CCc1ccc(C(=O)NC(=S)Nc2ccc(-c3ccc(C(=O)O)o3)c(Cl)c2)cc1. The van der Waals surface area contributed by atoms with Gasteiger partial charge in [-0.3, -0.25) is 10.1 Å². The normalized spacial score (nSPS) is 10.4. The van der Waals surface area contributed by atoms with Gasteiger partial charge in [-0.2, -0.15) is 0 Å². The number of benzene rings is 2. The summed E-state index contributed by atoms with van der Waals surface area (Å²) in [7, 11) is 0. The number of hydrogen-bond acceptors (Lipinski definition) is 4. The molecule has 1 aromatic heterocycles. The first-order chi connectivity index (χ1) is 13.9. The van der Waals surface area contributed by atoms with E-state index in [4.69, 9.17) is 33.3 Å². The molecule has 8 heteroatoms. The van der Waals surface area contributed by atoms with Crippen molar-refractivity contribution in [2.75, 3.05) is 5.32 Å². The van der Waals surface area contributed by atoms with Crippen molar-refractivity contribution in [1.29, 1.82) is 0 Å². The van der Waals surface area contributed by atoms with Crippen LogP contribution in [-0.4, -0.2) is 22.1 Å². The summed E-state index contributed by atoms with van der Waals surface area (Å²) < 4.78 is 5.26. The lowest BCUT2D eigenvalue weighted by Gasteiger charge is -2.11. The van der Waals surface area contributed by atoms with Gasteiger partial charge in [-0.05, 0) is 66.7 Å². The second-order valence-corrected chi connectivity index (χ2v) is 6.94. The van der Waals surface area contributed by atoms with Gasteiger partial charge in [0.2, 0.25) is 5.76 Å². The molecule has 1 heterocycles. The third kappa shape index (κ3) is 5.01. The second-order valence-electron chi connectivity index (χ2n) is 6.12. The number of carboxylic acids is 1. The quantitative estimate of drug-likeness (QED) is 0.496. The van der Waals surface area contributed by atoms with Crippen LogP contribution in [0.1, 0.15) is 33.4 Å². The number of hydrogen-bond donors (Lipinski definition) is 3. The molecule has 0 aliphatic carbocycles. The maximum Gasteiger partial charge on any atom is 0.371 e. The Kier molecular flexibility index (Phi) is 6.31. The van der Waals surface area contributed by atoms with Crippen LogP contribution in [0.5, 0.6) is 0 Å². The van der Waals surface area contributed by atoms with Gasteiger partial charge >= 0.3 is 5.97 Å². The van der Waals surface area contributed by atoms with Crippen molar-refractivity contribution in [3.8, 4) is 11.3 Å². The molecule has 0 aliphatic heterocycles. The zero-order chi connectivity index (χ0) is 21.0. The van der Waals surface area contributed by atoms with Crippen LogP contribution in [0.2, 0.25) is 5.02 Å². The first-order valence-electron chi connectivity index (χ1n) is 8.71. The Morgan fingerprint density at radius 2 is 1.83 bits per heavy atom. The largest absolute Gasteiger partial charge is 0.475 e. The number of aryl methyl sites for hydroxylation is 1. The predicted molar refractivity (Wildman–Crippen MR) is 116 cm³/mol. The molecule has 0 spiro atoms. The fourth-order valence-corrected chi connectivity index (χ4v) is 3.10. The lowest BCUT2D eigenvalue weighted by atomic mass is 10.1. The van der Waals surface area contributed by atoms with Crippen LogP contribution < -0.4 is 10.6 Å². The van der Waals surface area contributed by atoms with Crippen molar-refractivity contribution in [1.82, 2.24) is 5.32 Å². The number of halogens is 1. The van der Waals surface area contributed by atoms with E-state index in [1.807, 2.05) is 19.1 Å². The van der Waals surface area contributed by atoms with E-state index in [1.54, 1.807) is 30.3 Å². The van der Waals surface area contributed by atoms with E-state index in [2.05, 4.69) is 10.6 Å². The van der Waals surface area contributed by atoms with Crippen molar-refractivity contribution >= 4 is 46.5 Å². The van der Waals surface area contributed by atoms with E-state index >= 15 is 0 Å². The molecule has 3 N–H and O–H groups in total. The molecular weight excluding hydrogens is 412 g/mol. The predicted octanol–water partition coefficient (Wildman–Crippen LogP) is 4.99. The van der Waals surface area contributed by atoms with E-state index in [0.717, 1.165) is 12.0 Å². The van der Waals surface area contributed by atoms with Gasteiger partial charge in [-0.1, -0.05) is 30.7 Å². The Balaban J connectivity index is 1.66. The van der Waals surface area contributed by atoms with Gasteiger partial charge < -0.3 is 14.8 Å². The third-order valence-electron chi connectivity index (χ3n) is 4.16. The molecule has 2 aromatic carbocycles. The molecule has 3 aromatic rings. The number of amides is 1. The molecule has 6 nitrogen and oxygen atoms in total.